The first kappa shape index (κ1) is 24.4. The van der Waals surface area contributed by atoms with Crippen LogP contribution in [0.25, 0.3) is 0 Å². The Bertz CT molecular complexity index is 872. The summed E-state index contributed by atoms with van der Waals surface area (Å²) in [6, 6.07) is 4.11. The van der Waals surface area contributed by atoms with Crippen LogP contribution in [0.4, 0.5) is 8.78 Å². The maximum atomic E-state index is 12.8. The monoisotopic (exact) mass is 505 g/mol. The summed E-state index contributed by atoms with van der Waals surface area (Å²) >= 11 is 11.8. The normalized spacial score (nSPS) is 30.9. The zero-order valence-corrected chi connectivity index (χ0v) is 19.4. The van der Waals surface area contributed by atoms with E-state index in [1.807, 2.05) is 0 Å². The molecule has 182 valence electrons. The molecule has 1 heterocycles. The molecule has 1 aromatic rings. The summed E-state index contributed by atoms with van der Waals surface area (Å²) in [7, 11) is 0. The zero-order chi connectivity index (χ0) is 23.5. The van der Waals surface area contributed by atoms with Crippen molar-refractivity contribution in [3.05, 3.63) is 28.2 Å². The van der Waals surface area contributed by atoms with E-state index in [1.54, 1.807) is 18.2 Å². The fourth-order valence-corrected chi connectivity index (χ4v) is 5.26. The van der Waals surface area contributed by atoms with Gasteiger partial charge >= 0.3 is 6.61 Å². The van der Waals surface area contributed by atoms with Crippen LogP contribution in [-0.2, 0) is 14.3 Å². The van der Waals surface area contributed by atoms with Crippen molar-refractivity contribution >= 4 is 35.0 Å². The number of nitrogens with one attached hydrogen (secondary N) is 3. The van der Waals surface area contributed by atoms with Crippen LogP contribution >= 0.6 is 23.2 Å². The van der Waals surface area contributed by atoms with Gasteiger partial charge < -0.3 is 25.4 Å². The lowest BCUT2D eigenvalue weighted by Crippen LogP contribution is -2.62. The summed E-state index contributed by atoms with van der Waals surface area (Å²) in [5.41, 5.74) is 0. The molecule has 4 unspecified atom stereocenters. The Morgan fingerprint density at radius 2 is 1.79 bits per heavy atom. The number of carbonyl (C=O) groups is 2. The van der Waals surface area contributed by atoms with Crippen molar-refractivity contribution in [3.8, 4) is 5.75 Å². The van der Waals surface area contributed by atoms with Crippen LogP contribution in [0.15, 0.2) is 18.2 Å². The van der Waals surface area contributed by atoms with Gasteiger partial charge in [-0.05, 0) is 62.6 Å². The third-order valence-electron chi connectivity index (χ3n) is 6.76. The van der Waals surface area contributed by atoms with Crippen molar-refractivity contribution in [2.45, 2.75) is 62.9 Å². The highest BCUT2D eigenvalue weighted by atomic mass is 35.5. The first-order valence-electron chi connectivity index (χ1n) is 11.1. The van der Waals surface area contributed by atoms with Gasteiger partial charge in [0.1, 0.15) is 5.75 Å². The highest BCUT2D eigenvalue weighted by Crippen LogP contribution is 2.45. The topological polar surface area (TPSA) is 88.7 Å². The van der Waals surface area contributed by atoms with E-state index in [4.69, 9.17) is 27.9 Å². The summed E-state index contributed by atoms with van der Waals surface area (Å²) in [6.07, 6.45) is 2.51. The number of alkyl halides is 2. The Hall–Kier alpha value is -1.68. The number of piperidine rings is 1. The van der Waals surface area contributed by atoms with Crippen LogP contribution in [0.2, 0.25) is 10.0 Å². The number of carbonyl (C=O) groups excluding carboxylic acids is 2. The first-order chi connectivity index (χ1) is 15.8. The standard InChI is InChI=1S/C22H27Cl2F2N3O4/c23-15-2-1-13(7-16(15)24)32-10-20(30)28-17-9-18(12-5-11(17)6-12)29-21(31)19-8-14(3-4-27-19)33-22(25)26/h1-2,7,11-12,14,17-19,22,27H,3-6,8-10H2,(H,28,30)(H,29,31). The van der Waals surface area contributed by atoms with Gasteiger partial charge in [0.05, 0.1) is 22.2 Å². The molecular formula is C22H27Cl2F2N3O4. The predicted molar refractivity (Wildman–Crippen MR) is 119 cm³/mol. The molecule has 0 spiro atoms. The molecule has 7 nitrogen and oxygen atoms in total. The zero-order valence-electron chi connectivity index (χ0n) is 17.9. The third-order valence-corrected chi connectivity index (χ3v) is 7.50. The Kier molecular flexibility index (Phi) is 7.94. The first-order valence-corrected chi connectivity index (χ1v) is 11.9. The number of halogens is 4. The predicted octanol–water partition coefficient (Wildman–Crippen LogP) is 3.13. The van der Waals surface area contributed by atoms with Crippen LogP contribution in [0.3, 0.4) is 0 Å². The van der Waals surface area contributed by atoms with E-state index in [9.17, 15) is 18.4 Å². The van der Waals surface area contributed by atoms with E-state index in [-0.39, 0.29) is 36.9 Å². The Morgan fingerprint density at radius 3 is 2.48 bits per heavy atom. The lowest BCUT2D eigenvalue weighted by molar-refractivity contribution is -0.172. The van der Waals surface area contributed by atoms with E-state index < -0.39 is 18.8 Å². The molecule has 3 N–H and O–H groups in total. The van der Waals surface area contributed by atoms with Crippen LogP contribution < -0.4 is 20.7 Å². The van der Waals surface area contributed by atoms with Gasteiger partial charge in [-0.3, -0.25) is 9.59 Å². The van der Waals surface area contributed by atoms with Gasteiger partial charge in [0.25, 0.3) is 5.91 Å². The van der Waals surface area contributed by atoms with E-state index in [2.05, 4.69) is 20.7 Å². The second-order valence-electron chi connectivity index (χ2n) is 8.93. The van der Waals surface area contributed by atoms with E-state index in [1.165, 1.54) is 0 Å². The molecule has 33 heavy (non-hydrogen) atoms. The molecule has 1 aliphatic heterocycles. The van der Waals surface area contributed by atoms with Crippen molar-refractivity contribution < 1.29 is 27.8 Å². The quantitative estimate of drug-likeness (QED) is 0.505. The van der Waals surface area contributed by atoms with Crippen molar-refractivity contribution in [1.29, 1.82) is 0 Å². The average molecular weight is 506 g/mol. The number of fused-ring (bicyclic) bond motifs is 2. The van der Waals surface area contributed by atoms with Gasteiger partial charge in [0, 0.05) is 18.2 Å². The molecule has 1 saturated heterocycles. The Morgan fingerprint density at radius 1 is 1.06 bits per heavy atom. The lowest BCUT2D eigenvalue weighted by Gasteiger charge is -2.51. The summed E-state index contributed by atoms with van der Waals surface area (Å²) in [5, 5.41) is 9.93. The lowest BCUT2D eigenvalue weighted by atomic mass is 9.60. The summed E-state index contributed by atoms with van der Waals surface area (Å²) < 4.78 is 35.1. The Labute approximate surface area is 200 Å². The van der Waals surface area contributed by atoms with Gasteiger partial charge in [-0.1, -0.05) is 23.2 Å². The summed E-state index contributed by atoms with van der Waals surface area (Å²) in [4.78, 5) is 25.2. The number of ether oxygens (including phenoxy) is 2. The minimum atomic E-state index is -2.84. The van der Waals surface area contributed by atoms with Crippen molar-refractivity contribution in [2.24, 2.45) is 11.8 Å². The van der Waals surface area contributed by atoms with Crippen molar-refractivity contribution in [2.75, 3.05) is 13.2 Å². The molecule has 0 aromatic heterocycles. The second kappa shape index (κ2) is 10.7. The molecule has 3 aliphatic carbocycles. The molecule has 11 heteroatoms. The molecule has 5 rings (SSSR count). The smallest absolute Gasteiger partial charge is 0.345 e. The number of hydrogen-bond acceptors (Lipinski definition) is 5. The molecule has 1 aromatic carbocycles. The fourth-order valence-electron chi connectivity index (χ4n) is 4.98. The van der Waals surface area contributed by atoms with Gasteiger partial charge in [-0.15, -0.1) is 0 Å². The maximum Gasteiger partial charge on any atom is 0.345 e. The third kappa shape index (κ3) is 6.26. The Balaban J connectivity index is 1.25. The maximum absolute atomic E-state index is 12.8. The molecule has 3 saturated carbocycles. The van der Waals surface area contributed by atoms with Gasteiger partial charge in [-0.2, -0.15) is 8.78 Å². The van der Waals surface area contributed by atoms with E-state index in [0.29, 0.717) is 47.0 Å². The molecular weight excluding hydrogens is 479 g/mol. The van der Waals surface area contributed by atoms with Crippen molar-refractivity contribution in [3.63, 3.8) is 0 Å². The number of amides is 2. The molecule has 4 fully saturated rings. The molecule has 0 radical (unpaired) electrons. The minimum Gasteiger partial charge on any atom is -0.484 e. The van der Waals surface area contributed by atoms with Crippen LogP contribution in [0.1, 0.15) is 32.1 Å². The second-order valence-corrected chi connectivity index (χ2v) is 9.75. The number of hydrogen-bond donors (Lipinski definition) is 3. The average Bonchev–Trinajstić information content (AvgIpc) is 2.73. The van der Waals surface area contributed by atoms with Crippen molar-refractivity contribution in [1.82, 2.24) is 16.0 Å². The SMILES string of the molecule is O=C(COc1ccc(Cl)c(Cl)c1)NC1CC(NC(=O)C2CC(OC(F)F)CCN2)C2CC1C2. The van der Waals surface area contributed by atoms with Gasteiger partial charge in [0.2, 0.25) is 5.91 Å². The molecule has 4 atom stereocenters. The molecule has 4 aliphatic rings. The number of rotatable bonds is 8. The minimum absolute atomic E-state index is 0.0561. The van der Waals surface area contributed by atoms with E-state index in [0.717, 1.165) is 12.8 Å². The van der Waals surface area contributed by atoms with Crippen LogP contribution in [0, 0.1) is 11.8 Å². The number of benzene rings is 1. The largest absolute Gasteiger partial charge is 0.484 e. The van der Waals surface area contributed by atoms with Gasteiger partial charge in [-0.25, -0.2) is 0 Å². The van der Waals surface area contributed by atoms with Crippen LogP contribution in [0.5, 0.6) is 5.75 Å². The highest BCUT2D eigenvalue weighted by Gasteiger charge is 2.47. The fraction of sp³-hybridized carbons (Fsp3) is 0.636. The van der Waals surface area contributed by atoms with Gasteiger partial charge in [0.15, 0.2) is 6.61 Å². The molecule has 2 amide bonds. The highest BCUT2D eigenvalue weighted by molar-refractivity contribution is 6.42. The van der Waals surface area contributed by atoms with Crippen LogP contribution in [-0.4, -0.2) is 55.8 Å². The summed E-state index contributed by atoms with van der Waals surface area (Å²) in [6.45, 7) is -2.55. The van der Waals surface area contributed by atoms with E-state index >= 15 is 0 Å². The summed E-state index contributed by atoms with van der Waals surface area (Å²) in [5.74, 6) is 0.750. The molecule has 2 bridgehead atoms.